The summed E-state index contributed by atoms with van der Waals surface area (Å²) in [5, 5.41) is 0.975. The molecule has 0 radical (unpaired) electrons. The summed E-state index contributed by atoms with van der Waals surface area (Å²) in [6.07, 6.45) is 3.65. The fraction of sp³-hybridized carbons (Fsp3) is 0.138. The molecule has 192 valence electrons. The number of imide groups is 1. The van der Waals surface area contributed by atoms with E-state index in [1.165, 1.54) is 0 Å². The molecule has 1 saturated heterocycles. The molecule has 1 aliphatic heterocycles. The van der Waals surface area contributed by atoms with E-state index in [1.54, 1.807) is 37.5 Å². The number of nitrogens with zero attached hydrogens (tertiary/aromatic N) is 2. The zero-order valence-corrected chi connectivity index (χ0v) is 22.0. The molecule has 5 rings (SSSR count). The fourth-order valence-electron chi connectivity index (χ4n) is 4.16. The van der Waals surface area contributed by atoms with Crippen LogP contribution in [0.2, 0.25) is 5.02 Å². The van der Waals surface area contributed by atoms with E-state index in [4.69, 9.17) is 21.1 Å². The zero-order valence-electron chi connectivity index (χ0n) is 20.4. The van der Waals surface area contributed by atoms with Gasteiger partial charge in [0.05, 0.1) is 25.1 Å². The van der Waals surface area contributed by atoms with Crippen molar-refractivity contribution in [3.05, 3.63) is 100 Å². The van der Waals surface area contributed by atoms with Gasteiger partial charge in [0.1, 0.15) is 18.1 Å². The molecular weight excluding hydrogens is 524 g/mol. The number of methoxy groups -OCH3 is 1. The van der Waals surface area contributed by atoms with E-state index in [1.807, 2.05) is 54.7 Å². The van der Waals surface area contributed by atoms with Gasteiger partial charge < -0.3 is 14.0 Å². The van der Waals surface area contributed by atoms with E-state index in [-0.39, 0.29) is 17.2 Å². The molecule has 7 nitrogen and oxygen atoms in total. The Bertz CT molecular complexity index is 1540. The summed E-state index contributed by atoms with van der Waals surface area (Å²) in [6.45, 7) is 0.694. The molecule has 2 amide bonds. The second-order valence-electron chi connectivity index (χ2n) is 8.52. The van der Waals surface area contributed by atoms with E-state index >= 15 is 0 Å². The number of ether oxygens (including phenoxy) is 2. The van der Waals surface area contributed by atoms with Gasteiger partial charge in [0, 0.05) is 33.2 Å². The van der Waals surface area contributed by atoms with Gasteiger partial charge in [-0.05, 0) is 72.4 Å². The lowest BCUT2D eigenvalue weighted by Gasteiger charge is -2.11. The van der Waals surface area contributed by atoms with Crippen molar-refractivity contribution < 1.29 is 23.9 Å². The van der Waals surface area contributed by atoms with Gasteiger partial charge in [-0.3, -0.25) is 19.3 Å². The predicted molar refractivity (Wildman–Crippen MR) is 149 cm³/mol. The third kappa shape index (κ3) is 5.46. The van der Waals surface area contributed by atoms with Crippen molar-refractivity contribution in [3.8, 4) is 11.5 Å². The molecule has 4 aromatic rings. The van der Waals surface area contributed by atoms with Crippen molar-refractivity contribution in [1.82, 2.24) is 9.47 Å². The first-order chi connectivity index (χ1) is 18.4. The number of rotatable bonds is 9. The third-order valence-corrected chi connectivity index (χ3v) is 7.27. The van der Waals surface area contributed by atoms with Crippen LogP contribution >= 0.6 is 23.4 Å². The minimum absolute atomic E-state index is 0.274. The summed E-state index contributed by atoms with van der Waals surface area (Å²) in [5.74, 6) is 0.683. The standard InChI is InChI=1S/C29H23ClN2O5S/c1-36-22-10-12-23(13-11-22)37-15-14-31-17-20(24-4-2-3-5-25(24)31)16-27-28(34)32(29(35)38-27)18-26(33)19-6-8-21(30)9-7-19/h2-13,16-17H,14-15,18H2,1H3/b27-16-. The van der Waals surface area contributed by atoms with Crippen LogP contribution in [0.4, 0.5) is 4.79 Å². The van der Waals surface area contributed by atoms with Crippen molar-refractivity contribution in [2.24, 2.45) is 0 Å². The minimum atomic E-state index is -0.484. The number of thioether (sulfide) groups is 1. The first kappa shape index (κ1) is 25.6. The molecule has 0 N–H and O–H groups in total. The van der Waals surface area contributed by atoms with Gasteiger partial charge in [-0.1, -0.05) is 29.8 Å². The Morgan fingerprint density at radius 1 is 0.974 bits per heavy atom. The van der Waals surface area contributed by atoms with Gasteiger partial charge in [0.2, 0.25) is 0 Å². The summed E-state index contributed by atoms with van der Waals surface area (Å²) in [5.41, 5.74) is 2.17. The molecule has 0 unspecified atom stereocenters. The molecular formula is C29H23ClN2O5S. The second kappa shape index (κ2) is 11.2. The topological polar surface area (TPSA) is 77.8 Å². The number of fused-ring (bicyclic) bond motifs is 1. The first-order valence-electron chi connectivity index (χ1n) is 11.8. The Balaban J connectivity index is 1.32. The van der Waals surface area contributed by atoms with Crippen molar-refractivity contribution >= 4 is 57.3 Å². The Morgan fingerprint density at radius 2 is 1.68 bits per heavy atom. The number of hydrogen-bond donors (Lipinski definition) is 0. The van der Waals surface area contributed by atoms with Crippen LogP contribution in [0, 0.1) is 0 Å². The maximum Gasteiger partial charge on any atom is 0.293 e. The summed E-state index contributed by atoms with van der Waals surface area (Å²) in [6, 6.07) is 21.6. The zero-order chi connectivity index (χ0) is 26.6. The Labute approximate surface area is 228 Å². The summed E-state index contributed by atoms with van der Waals surface area (Å²) in [4.78, 5) is 39.6. The number of hydrogen-bond acceptors (Lipinski definition) is 6. The van der Waals surface area contributed by atoms with Crippen LogP contribution in [0.1, 0.15) is 15.9 Å². The lowest BCUT2D eigenvalue weighted by atomic mass is 10.1. The van der Waals surface area contributed by atoms with Crippen LogP contribution in [0.3, 0.4) is 0 Å². The van der Waals surface area contributed by atoms with Crippen LogP contribution in [-0.2, 0) is 11.3 Å². The SMILES string of the molecule is COc1ccc(OCCn2cc(/C=C3\SC(=O)N(CC(=O)c4ccc(Cl)cc4)C3=O)c3ccccc32)cc1. The highest BCUT2D eigenvalue weighted by Crippen LogP contribution is 2.34. The van der Waals surface area contributed by atoms with E-state index in [2.05, 4.69) is 4.57 Å². The highest BCUT2D eigenvalue weighted by atomic mass is 35.5. The third-order valence-electron chi connectivity index (χ3n) is 6.11. The quantitative estimate of drug-likeness (QED) is 0.181. The number of ketones is 1. The largest absolute Gasteiger partial charge is 0.497 e. The molecule has 3 aromatic carbocycles. The van der Waals surface area contributed by atoms with Crippen molar-refractivity contribution in [1.29, 1.82) is 0 Å². The molecule has 0 bridgehead atoms. The fourth-order valence-corrected chi connectivity index (χ4v) is 5.11. The maximum atomic E-state index is 13.1. The van der Waals surface area contributed by atoms with Gasteiger partial charge in [-0.2, -0.15) is 0 Å². The van der Waals surface area contributed by atoms with Crippen LogP contribution in [0.25, 0.3) is 17.0 Å². The van der Waals surface area contributed by atoms with Crippen molar-refractivity contribution in [2.45, 2.75) is 6.54 Å². The average Bonchev–Trinajstić information content (AvgIpc) is 3.41. The Kier molecular flexibility index (Phi) is 7.53. The highest BCUT2D eigenvalue weighted by molar-refractivity contribution is 8.18. The molecule has 1 aliphatic rings. The van der Waals surface area contributed by atoms with Crippen LogP contribution in [0.5, 0.6) is 11.5 Å². The molecule has 2 heterocycles. The number of amides is 2. The van der Waals surface area contributed by atoms with E-state index < -0.39 is 11.1 Å². The summed E-state index contributed by atoms with van der Waals surface area (Å²) < 4.78 is 13.1. The molecule has 0 saturated carbocycles. The molecule has 1 aromatic heterocycles. The summed E-state index contributed by atoms with van der Waals surface area (Å²) in [7, 11) is 1.62. The number of para-hydroxylation sites is 1. The van der Waals surface area contributed by atoms with Crippen molar-refractivity contribution in [2.75, 3.05) is 20.3 Å². The van der Waals surface area contributed by atoms with Crippen LogP contribution < -0.4 is 9.47 Å². The number of benzene rings is 3. The van der Waals surface area contributed by atoms with E-state index in [0.29, 0.717) is 23.7 Å². The maximum absolute atomic E-state index is 13.1. The van der Waals surface area contributed by atoms with Crippen LogP contribution in [-0.4, -0.2) is 46.7 Å². The first-order valence-corrected chi connectivity index (χ1v) is 13.0. The molecule has 0 aliphatic carbocycles. The smallest absolute Gasteiger partial charge is 0.293 e. The Morgan fingerprint density at radius 3 is 2.42 bits per heavy atom. The molecule has 9 heteroatoms. The van der Waals surface area contributed by atoms with Gasteiger partial charge in [-0.15, -0.1) is 0 Å². The number of aromatic nitrogens is 1. The lowest BCUT2D eigenvalue weighted by molar-refractivity contribution is -0.122. The monoisotopic (exact) mass is 546 g/mol. The number of Topliss-reactive ketones (excluding diaryl/α,β-unsaturated/α-hetero) is 1. The highest BCUT2D eigenvalue weighted by Gasteiger charge is 2.36. The average molecular weight is 547 g/mol. The summed E-state index contributed by atoms with van der Waals surface area (Å²) >= 11 is 6.72. The van der Waals surface area contributed by atoms with Gasteiger partial charge in [0.15, 0.2) is 5.78 Å². The number of carbonyl (C=O) groups excluding carboxylic acids is 3. The molecule has 0 atom stereocenters. The second-order valence-corrected chi connectivity index (χ2v) is 9.95. The molecule has 1 fully saturated rings. The van der Waals surface area contributed by atoms with Crippen LogP contribution in [0.15, 0.2) is 83.9 Å². The number of halogens is 1. The van der Waals surface area contributed by atoms with Gasteiger partial charge in [-0.25, -0.2) is 0 Å². The molecule has 38 heavy (non-hydrogen) atoms. The van der Waals surface area contributed by atoms with E-state index in [9.17, 15) is 14.4 Å². The van der Waals surface area contributed by atoms with Gasteiger partial charge in [0.25, 0.3) is 11.1 Å². The minimum Gasteiger partial charge on any atom is -0.497 e. The lowest BCUT2D eigenvalue weighted by Crippen LogP contribution is -2.33. The predicted octanol–water partition coefficient (Wildman–Crippen LogP) is 6.30. The van der Waals surface area contributed by atoms with Crippen molar-refractivity contribution in [3.63, 3.8) is 0 Å². The van der Waals surface area contributed by atoms with E-state index in [0.717, 1.165) is 44.6 Å². The normalized spacial score (nSPS) is 14.5. The van der Waals surface area contributed by atoms with Gasteiger partial charge >= 0.3 is 0 Å². The molecule has 0 spiro atoms. The Hall–Kier alpha value is -4.01. The number of carbonyl (C=O) groups is 3.